The maximum absolute atomic E-state index is 13.7. The second kappa shape index (κ2) is 9.10. The fourth-order valence-electron chi connectivity index (χ4n) is 5.78. The predicted octanol–water partition coefficient (Wildman–Crippen LogP) is 5.75. The number of aryl methyl sites for hydroxylation is 1. The molecule has 2 aliphatic rings. The van der Waals surface area contributed by atoms with Gasteiger partial charge in [0.25, 0.3) is 5.91 Å². The molecule has 0 radical (unpaired) electrons. The first-order valence-corrected chi connectivity index (χ1v) is 12.3. The number of piperidine rings is 1. The number of pyridine rings is 3. The van der Waals surface area contributed by atoms with Crippen molar-refractivity contribution in [1.82, 2.24) is 19.9 Å². The fraction of sp³-hybridized carbons (Fsp3) is 0.310. The van der Waals surface area contributed by atoms with Crippen molar-refractivity contribution >= 4 is 16.7 Å². The van der Waals surface area contributed by atoms with E-state index in [9.17, 15) is 4.79 Å². The first-order valence-electron chi connectivity index (χ1n) is 12.3. The molecule has 35 heavy (non-hydrogen) atoms. The molecule has 5 heterocycles. The standard InChI is InChI=1S/C29H28N4O2/c1-19-4-9-26(18-32-19)35-28-27(3-2-11-31-28)29(34)33-24-7-8-25(33)16-21(15-24)13-20-5-6-23-17-30-12-10-22(23)14-20/h2-6,9-12,14,17-18,21,24-25H,7-8,13,15-16H2,1H3/t24-,25-/m0/s1. The largest absolute Gasteiger partial charge is 0.437 e. The minimum atomic E-state index is 0.0253. The summed E-state index contributed by atoms with van der Waals surface area (Å²) in [5, 5.41) is 2.41. The van der Waals surface area contributed by atoms with Crippen molar-refractivity contribution in [2.75, 3.05) is 0 Å². The van der Waals surface area contributed by atoms with Crippen LogP contribution in [0.15, 0.2) is 73.3 Å². The van der Waals surface area contributed by atoms with Crippen LogP contribution in [0.1, 0.15) is 47.3 Å². The topological polar surface area (TPSA) is 68.2 Å². The summed E-state index contributed by atoms with van der Waals surface area (Å²) in [6.07, 6.45) is 12.3. The van der Waals surface area contributed by atoms with Gasteiger partial charge < -0.3 is 9.64 Å². The summed E-state index contributed by atoms with van der Waals surface area (Å²) >= 11 is 0. The van der Waals surface area contributed by atoms with Crippen LogP contribution in [0.2, 0.25) is 0 Å². The Bertz CT molecular complexity index is 1360. The average molecular weight is 465 g/mol. The number of benzene rings is 1. The number of fused-ring (bicyclic) bond motifs is 3. The highest BCUT2D eigenvalue weighted by Crippen LogP contribution is 2.41. The molecular formula is C29H28N4O2. The minimum absolute atomic E-state index is 0.0253. The molecule has 2 saturated heterocycles. The smallest absolute Gasteiger partial charge is 0.259 e. The van der Waals surface area contributed by atoms with Crippen LogP contribution in [0.5, 0.6) is 11.6 Å². The number of aromatic nitrogens is 3. The lowest BCUT2D eigenvalue weighted by atomic mass is 9.85. The van der Waals surface area contributed by atoms with Crippen molar-refractivity contribution in [2.45, 2.75) is 51.1 Å². The normalized spacial score (nSPS) is 21.3. The number of hydrogen-bond acceptors (Lipinski definition) is 5. The lowest BCUT2D eigenvalue weighted by Gasteiger charge is -2.39. The highest BCUT2D eigenvalue weighted by Gasteiger charge is 2.44. The molecule has 2 aliphatic heterocycles. The summed E-state index contributed by atoms with van der Waals surface area (Å²) in [4.78, 5) is 28.7. The zero-order chi connectivity index (χ0) is 23.8. The maximum atomic E-state index is 13.7. The van der Waals surface area contributed by atoms with Crippen molar-refractivity contribution in [3.8, 4) is 11.6 Å². The third-order valence-corrected chi connectivity index (χ3v) is 7.39. The lowest BCUT2D eigenvalue weighted by molar-refractivity contribution is 0.0521. The molecule has 2 fully saturated rings. The predicted molar refractivity (Wildman–Crippen MR) is 134 cm³/mol. The van der Waals surface area contributed by atoms with Crippen LogP contribution < -0.4 is 4.74 Å². The van der Waals surface area contributed by atoms with Crippen molar-refractivity contribution in [1.29, 1.82) is 0 Å². The Hall–Kier alpha value is -3.80. The van der Waals surface area contributed by atoms with Gasteiger partial charge in [-0.2, -0.15) is 0 Å². The van der Waals surface area contributed by atoms with E-state index in [-0.39, 0.29) is 18.0 Å². The van der Waals surface area contributed by atoms with Crippen LogP contribution in [0.3, 0.4) is 0 Å². The third-order valence-electron chi connectivity index (χ3n) is 7.39. The second-order valence-electron chi connectivity index (χ2n) is 9.79. The molecule has 6 heteroatoms. The van der Waals surface area contributed by atoms with Gasteiger partial charge in [0.1, 0.15) is 11.3 Å². The zero-order valence-corrected chi connectivity index (χ0v) is 19.8. The molecule has 6 rings (SSSR count). The highest BCUT2D eigenvalue weighted by atomic mass is 16.5. The van der Waals surface area contributed by atoms with Gasteiger partial charge in [-0.1, -0.05) is 18.2 Å². The molecule has 4 aromatic rings. The van der Waals surface area contributed by atoms with E-state index in [2.05, 4.69) is 44.1 Å². The van der Waals surface area contributed by atoms with Crippen LogP contribution >= 0.6 is 0 Å². The minimum Gasteiger partial charge on any atom is -0.437 e. The quantitative estimate of drug-likeness (QED) is 0.376. The molecule has 1 amide bonds. The molecule has 176 valence electrons. The van der Waals surface area contributed by atoms with Gasteiger partial charge in [-0.15, -0.1) is 0 Å². The Labute approximate surface area is 205 Å². The summed E-state index contributed by atoms with van der Waals surface area (Å²) in [7, 11) is 0. The number of ether oxygens (including phenoxy) is 1. The zero-order valence-electron chi connectivity index (χ0n) is 19.8. The Morgan fingerprint density at radius 1 is 0.971 bits per heavy atom. The summed E-state index contributed by atoms with van der Waals surface area (Å²) < 4.78 is 5.98. The van der Waals surface area contributed by atoms with Crippen LogP contribution in [0.4, 0.5) is 0 Å². The van der Waals surface area contributed by atoms with E-state index in [0.29, 0.717) is 23.1 Å². The van der Waals surface area contributed by atoms with Gasteiger partial charge in [-0.25, -0.2) is 4.98 Å². The first-order chi connectivity index (χ1) is 17.1. The molecule has 0 N–H and O–H groups in total. The molecular weight excluding hydrogens is 436 g/mol. The summed E-state index contributed by atoms with van der Waals surface area (Å²) in [6, 6.07) is 16.6. The molecule has 1 aromatic carbocycles. The summed E-state index contributed by atoms with van der Waals surface area (Å²) in [5.41, 5.74) is 2.80. The number of rotatable bonds is 5. The highest BCUT2D eigenvalue weighted by molar-refractivity contribution is 5.97. The van der Waals surface area contributed by atoms with E-state index in [1.54, 1.807) is 18.5 Å². The van der Waals surface area contributed by atoms with Gasteiger partial charge in [-0.3, -0.25) is 14.8 Å². The fourth-order valence-corrected chi connectivity index (χ4v) is 5.78. The molecule has 6 nitrogen and oxygen atoms in total. The number of nitrogens with zero attached hydrogens (tertiary/aromatic N) is 4. The molecule has 2 atom stereocenters. The van der Waals surface area contributed by atoms with Crippen molar-refractivity contribution < 1.29 is 9.53 Å². The van der Waals surface area contributed by atoms with Crippen LogP contribution in [-0.4, -0.2) is 37.8 Å². The van der Waals surface area contributed by atoms with Crippen LogP contribution in [-0.2, 0) is 6.42 Å². The number of carbonyl (C=O) groups is 1. The van der Waals surface area contributed by atoms with Gasteiger partial charge in [-0.05, 0) is 86.2 Å². The average Bonchev–Trinajstić information content (AvgIpc) is 3.15. The van der Waals surface area contributed by atoms with Crippen molar-refractivity contribution in [3.63, 3.8) is 0 Å². The summed E-state index contributed by atoms with van der Waals surface area (Å²) in [5.74, 6) is 1.53. The molecule has 2 bridgehead atoms. The van der Waals surface area contributed by atoms with E-state index >= 15 is 0 Å². The van der Waals surface area contributed by atoms with Crippen LogP contribution in [0.25, 0.3) is 10.8 Å². The van der Waals surface area contributed by atoms with Gasteiger partial charge in [0, 0.05) is 41.8 Å². The van der Waals surface area contributed by atoms with Gasteiger partial charge in [0.2, 0.25) is 5.88 Å². The summed E-state index contributed by atoms with van der Waals surface area (Å²) in [6.45, 7) is 1.93. The monoisotopic (exact) mass is 464 g/mol. The molecule has 3 aromatic heterocycles. The van der Waals surface area contributed by atoms with Crippen molar-refractivity contribution in [2.24, 2.45) is 5.92 Å². The Balaban J connectivity index is 1.18. The van der Waals surface area contributed by atoms with E-state index in [4.69, 9.17) is 4.74 Å². The number of amides is 1. The Kier molecular flexibility index (Phi) is 5.64. The van der Waals surface area contributed by atoms with E-state index in [1.165, 1.54) is 16.3 Å². The Morgan fingerprint density at radius 3 is 2.63 bits per heavy atom. The van der Waals surface area contributed by atoms with Crippen LogP contribution in [0, 0.1) is 12.8 Å². The number of hydrogen-bond donors (Lipinski definition) is 0. The van der Waals surface area contributed by atoms with E-state index in [0.717, 1.165) is 37.8 Å². The van der Waals surface area contributed by atoms with Crippen molar-refractivity contribution in [3.05, 3.63) is 90.1 Å². The molecule has 0 aliphatic carbocycles. The molecule has 0 unspecified atom stereocenters. The second-order valence-corrected chi connectivity index (χ2v) is 9.79. The van der Waals surface area contributed by atoms with E-state index < -0.39 is 0 Å². The molecule has 0 saturated carbocycles. The first kappa shape index (κ1) is 21.7. The molecule has 0 spiro atoms. The Morgan fingerprint density at radius 2 is 1.83 bits per heavy atom. The lowest BCUT2D eigenvalue weighted by Crippen LogP contribution is -2.47. The third kappa shape index (κ3) is 4.36. The SMILES string of the molecule is Cc1ccc(Oc2ncccc2C(=O)N2[C@H]3CC[C@H]2CC(Cc2ccc4cnccc4c2)C3)cn1. The van der Waals surface area contributed by atoms with E-state index in [1.807, 2.05) is 37.5 Å². The van der Waals surface area contributed by atoms with Gasteiger partial charge in [0.05, 0.1) is 6.20 Å². The van der Waals surface area contributed by atoms with Gasteiger partial charge >= 0.3 is 0 Å². The maximum Gasteiger partial charge on any atom is 0.259 e. The van der Waals surface area contributed by atoms with Gasteiger partial charge in [0.15, 0.2) is 0 Å². The number of carbonyl (C=O) groups excluding carboxylic acids is 1.